The lowest BCUT2D eigenvalue weighted by Gasteiger charge is -2.42. The van der Waals surface area contributed by atoms with E-state index >= 15 is 0 Å². The zero-order chi connectivity index (χ0) is 31.5. The number of piperazine rings is 1. The fourth-order valence-corrected chi connectivity index (χ4v) is 6.79. The number of likely N-dealkylation sites (tertiary alicyclic amines) is 1. The summed E-state index contributed by atoms with van der Waals surface area (Å²) in [7, 11) is 2.13. The summed E-state index contributed by atoms with van der Waals surface area (Å²) in [6, 6.07) is 6.79. The van der Waals surface area contributed by atoms with Crippen LogP contribution >= 0.6 is 0 Å². The molecule has 3 aromatic rings. The molecular formula is C33H41N9O3. The Morgan fingerprint density at radius 2 is 2.00 bits per heavy atom. The first-order valence-corrected chi connectivity index (χ1v) is 15.9. The summed E-state index contributed by atoms with van der Waals surface area (Å²) < 4.78 is 6.30. The van der Waals surface area contributed by atoms with Gasteiger partial charge in [0.1, 0.15) is 12.4 Å². The van der Waals surface area contributed by atoms with Crippen LogP contribution in [0.3, 0.4) is 0 Å². The van der Waals surface area contributed by atoms with Crippen molar-refractivity contribution in [3.8, 4) is 12.1 Å². The van der Waals surface area contributed by atoms with Crippen LogP contribution in [0.25, 0.3) is 10.9 Å². The first-order valence-electron chi connectivity index (χ1n) is 15.9. The van der Waals surface area contributed by atoms with E-state index in [1.165, 1.54) is 17.7 Å². The lowest BCUT2D eigenvalue weighted by Crippen LogP contribution is -2.55. The van der Waals surface area contributed by atoms with Crippen LogP contribution in [-0.4, -0.2) is 100 Å². The number of hydrogen-bond acceptors (Lipinski definition) is 10. The number of H-pyrrole nitrogens is 1. The molecule has 0 unspecified atom stereocenters. The van der Waals surface area contributed by atoms with Gasteiger partial charge in [0, 0.05) is 55.7 Å². The summed E-state index contributed by atoms with van der Waals surface area (Å²) in [4.78, 5) is 43.4. The molecule has 12 nitrogen and oxygen atoms in total. The third kappa shape index (κ3) is 6.35. The van der Waals surface area contributed by atoms with Crippen LogP contribution in [0.1, 0.15) is 49.4 Å². The van der Waals surface area contributed by atoms with Gasteiger partial charge in [0.15, 0.2) is 5.78 Å². The highest BCUT2D eigenvalue weighted by Crippen LogP contribution is 2.36. The van der Waals surface area contributed by atoms with E-state index in [0.717, 1.165) is 66.0 Å². The van der Waals surface area contributed by atoms with Crippen LogP contribution in [0.5, 0.6) is 6.01 Å². The summed E-state index contributed by atoms with van der Waals surface area (Å²) in [5, 5.41) is 18.1. The molecule has 5 heterocycles. The maximum Gasteiger partial charge on any atom is 0.318 e. The number of aryl methyl sites for hydroxylation is 1. The smallest absolute Gasteiger partial charge is 0.318 e. The van der Waals surface area contributed by atoms with E-state index in [1.54, 1.807) is 11.8 Å². The Hall–Kier alpha value is -4.50. The van der Waals surface area contributed by atoms with Gasteiger partial charge in [0.2, 0.25) is 5.91 Å². The molecule has 3 aliphatic heterocycles. The summed E-state index contributed by atoms with van der Waals surface area (Å²) >= 11 is 0. The molecule has 236 valence electrons. The van der Waals surface area contributed by atoms with Gasteiger partial charge in [-0.15, -0.1) is 0 Å². The van der Waals surface area contributed by atoms with E-state index in [1.807, 2.05) is 6.20 Å². The number of fused-ring (bicyclic) bond motifs is 2. The molecule has 0 bridgehead atoms. The number of carbonyl (C=O) groups excluding carboxylic acids is 2. The average molecular weight is 612 g/mol. The number of nitrogens with zero attached hydrogens (tertiary/aromatic N) is 8. The number of nitriles is 1. The van der Waals surface area contributed by atoms with Crippen LogP contribution in [0, 0.1) is 18.3 Å². The zero-order valence-electron chi connectivity index (χ0n) is 26.3. The molecule has 2 saturated heterocycles. The van der Waals surface area contributed by atoms with Gasteiger partial charge in [-0.25, -0.2) is 0 Å². The molecule has 1 N–H and O–H groups in total. The van der Waals surface area contributed by atoms with Gasteiger partial charge in [-0.3, -0.25) is 14.7 Å². The van der Waals surface area contributed by atoms with Crippen LogP contribution in [0.4, 0.5) is 11.5 Å². The minimum absolute atomic E-state index is 0.101. The number of anilines is 2. The predicted octanol–water partition coefficient (Wildman–Crippen LogP) is 3.16. The molecule has 2 aromatic heterocycles. The van der Waals surface area contributed by atoms with Gasteiger partial charge in [-0.1, -0.05) is 13.0 Å². The van der Waals surface area contributed by atoms with E-state index in [4.69, 9.17) is 14.7 Å². The molecule has 2 atom stereocenters. The second-order valence-electron chi connectivity index (χ2n) is 12.2. The molecule has 6 rings (SSSR count). The fourth-order valence-electron chi connectivity index (χ4n) is 6.79. The van der Waals surface area contributed by atoms with Crippen LogP contribution in [0.2, 0.25) is 0 Å². The number of likely N-dealkylation sites (N-methyl/N-ethyl adjacent to an activating group) is 1. The van der Waals surface area contributed by atoms with Crippen LogP contribution in [0.15, 0.2) is 30.5 Å². The van der Waals surface area contributed by atoms with E-state index in [-0.39, 0.29) is 24.2 Å². The number of nitrogens with one attached hydrogen (secondary N) is 1. The van der Waals surface area contributed by atoms with E-state index in [0.29, 0.717) is 51.3 Å². The number of ether oxygens (including phenoxy) is 1. The van der Waals surface area contributed by atoms with Crippen molar-refractivity contribution in [3.05, 3.63) is 47.3 Å². The Labute approximate surface area is 263 Å². The second-order valence-corrected chi connectivity index (χ2v) is 12.2. The van der Waals surface area contributed by atoms with Crippen molar-refractivity contribution in [2.24, 2.45) is 0 Å². The fraction of sp³-hybridized carbons (Fsp3) is 0.515. The zero-order valence-corrected chi connectivity index (χ0v) is 26.3. The molecule has 1 aromatic carbocycles. The van der Waals surface area contributed by atoms with Crippen molar-refractivity contribution in [1.29, 1.82) is 5.26 Å². The molecule has 0 aliphatic carbocycles. The number of aromatic nitrogens is 4. The minimum Gasteiger partial charge on any atom is -0.462 e. The number of allylic oxidation sites excluding steroid dienone is 1. The summed E-state index contributed by atoms with van der Waals surface area (Å²) in [6.45, 7) is 8.29. The van der Waals surface area contributed by atoms with Crippen LogP contribution in [-0.2, 0) is 22.6 Å². The number of benzene rings is 1. The number of rotatable bonds is 9. The molecule has 2 fully saturated rings. The van der Waals surface area contributed by atoms with Crippen molar-refractivity contribution >= 4 is 34.1 Å². The SMILES string of the molecule is CCC(=O)/C=C/C(=O)N1CCN(c2nc(OC[C@@H]3CCCN3C)nc3c2CCN(c2c(C)ccc4[nH]ncc24)C3)C[C@@H]1CC#N. The van der Waals surface area contributed by atoms with Crippen LogP contribution < -0.4 is 14.5 Å². The highest BCUT2D eigenvalue weighted by Gasteiger charge is 2.34. The first-order chi connectivity index (χ1) is 21.9. The monoisotopic (exact) mass is 611 g/mol. The largest absolute Gasteiger partial charge is 0.462 e. The van der Waals surface area contributed by atoms with Gasteiger partial charge >= 0.3 is 6.01 Å². The van der Waals surface area contributed by atoms with Crippen molar-refractivity contribution in [1.82, 2.24) is 30.0 Å². The summed E-state index contributed by atoms with van der Waals surface area (Å²) in [6.07, 6.45) is 8.06. The Kier molecular flexibility index (Phi) is 8.98. The predicted molar refractivity (Wildman–Crippen MR) is 171 cm³/mol. The third-order valence-corrected chi connectivity index (χ3v) is 9.37. The minimum atomic E-state index is -0.332. The number of amides is 1. The first kappa shape index (κ1) is 30.5. The second kappa shape index (κ2) is 13.2. The van der Waals surface area contributed by atoms with Crippen molar-refractivity contribution in [3.63, 3.8) is 0 Å². The molecular weight excluding hydrogens is 570 g/mol. The van der Waals surface area contributed by atoms with Crippen molar-refractivity contribution < 1.29 is 14.3 Å². The van der Waals surface area contributed by atoms with Crippen molar-refractivity contribution in [2.75, 3.05) is 56.2 Å². The lowest BCUT2D eigenvalue weighted by atomic mass is 10.0. The molecule has 0 radical (unpaired) electrons. The van der Waals surface area contributed by atoms with Gasteiger partial charge < -0.3 is 24.3 Å². The maximum atomic E-state index is 13.0. The van der Waals surface area contributed by atoms with E-state index in [9.17, 15) is 14.9 Å². The molecule has 1 amide bonds. The van der Waals surface area contributed by atoms with Crippen molar-refractivity contribution in [2.45, 2.75) is 64.6 Å². The Bertz CT molecular complexity index is 1640. The quantitative estimate of drug-likeness (QED) is 0.360. The number of aromatic amines is 1. The van der Waals surface area contributed by atoms with Gasteiger partial charge in [-0.05, 0) is 57.5 Å². The third-order valence-electron chi connectivity index (χ3n) is 9.37. The molecule has 0 saturated carbocycles. The number of hydrogen-bond donors (Lipinski definition) is 1. The summed E-state index contributed by atoms with van der Waals surface area (Å²) in [5.74, 6) is 0.473. The Morgan fingerprint density at radius 3 is 2.78 bits per heavy atom. The highest BCUT2D eigenvalue weighted by atomic mass is 16.5. The Balaban J connectivity index is 1.30. The highest BCUT2D eigenvalue weighted by molar-refractivity contribution is 5.98. The molecule has 45 heavy (non-hydrogen) atoms. The van der Waals surface area contributed by atoms with E-state index < -0.39 is 0 Å². The lowest BCUT2D eigenvalue weighted by molar-refractivity contribution is -0.128. The topological polar surface area (TPSA) is 135 Å². The standard InChI is InChI=1S/C33H41N9O3/c1-4-25(43)8-10-30(44)42-17-16-41(19-23(42)11-13-34)32-26-12-15-40(31-22(2)7-9-28-27(31)18-35-38-28)20-29(26)36-33(37-32)45-21-24-6-5-14-39(24)3/h7-10,18,23-24H,4-6,11-12,14-17,19-21H2,1-3H3,(H,35,38)/b10-8+/t23-,24-/m0/s1. The maximum absolute atomic E-state index is 13.0. The van der Waals surface area contributed by atoms with Gasteiger partial charge in [0.05, 0.1) is 48.2 Å². The number of ketones is 1. The molecule has 0 spiro atoms. The van der Waals surface area contributed by atoms with E-state index in [2.05, 4.69) is 57.1 Å². The molecule has 3 aliphatic rings. The summed E-state index contributed by atoms with van der Waals surface area (Å²) in [5.41, 5.74) is 5.34. The Morgan fingerprint density at radius 1 is 1.13 bits per heavy atom. The average Bonchev–Trinajstić information content (AvgIpc) is 3.70. The normalized spacial score (nSPS) is 20.5. The van der Waals surface area contributed by atoms with Gasteiger partial charge in [0.25, 0.3) is 0 Å². The molecule has 12 heteroatoms. The number of carbonyl (C=O) groups is 2. The van der Waals surface area contributed by atoms with Gasteiger partial charge in [-0.2, -0.15) is 20.3 Å².